The number of hydrogen-bond donors (Lipinski definition) is 2. The van der Waals surface area contributed by atoms with Crippen molar-refractivity contribution in [3.63, 3.8) is 0 Å². The number of hydrogen-bond acceptors (Lipinski definition) is 3. The number of benzene rings is 1. The summed E-state index contributed by atoms with van der Waals surface area (Å²) < 4.78 is 0. The molecule has 3 nitrogen and oxygen atoms in total. The van der Waals surface area contributed by atoms with Crippen molar-refractivity contribution in [3.8, 4) is 0 Å². The van der Waals surface area contributed by atoms with Gasteiger partial charge in [0.1, 0.15) is 0 Å². The molecule has 1 amide bonds. The van der Waals surface area contributed by atoms with Crippen LogP contribution in [-0.2, 0) is 6.54 Å². The summed E-state index contributed by atoms with van der Waals surface area (Å²) in [5, 5.41) is 6.32. The van der Waals surface area contributed by atoms with E-state index in [4.69, 9.17) is 0 Å². The highest BCUT2D eigenvalue weighted by atomic mass is 32.1. The van der Waals surface area contributed by atoms with Gasteiger partial charge in [-0.05, 0) is 44.5 Å². The van der Waals surface area contributed by atoms with Crippen LogP contribution in [0.15, 0.2) is 30.3 Å². The van der Waals surface area contributed by atoms with Crippen LogP contribution in [0.4, 0.5) is 5.69 Å². The fourth-order valence-corrected chi connectivity index (χ4v) is 2.93. The van der Waals surface area contributed by atoms with Gasteiger partial charge in [-0.15, -0.1) is 11.3 Å². The molecule has 2 aromatic rings. The van der Waals surface area contributed by atoms with Crippen LogP contribution in [0.2, 0.25) is 0 Å². The molecular weight excluding hydrogens is 280 g/mol. The maximum Gasteiger partial charge on any atom is 0.253 e. The lowest BCUT2D eigenvalue weighted by molar-refractivity contribution is 0.0952. The Kier molecular flexibility index (Phi) is 5.39. The van der Waals surface area contributed by atoms with Crippen molar-refractivity contribution >= 4 is 22.9 Å². The first kappa shape index (κ1) is 15.6. The Balaban J connectivity index is 2.08. The third-order valence-electron chi connectivity index (χ3n) is 3.20. The molecule has 0 aliphatic heterocycles. The Morgan fingerprint density at radius 1 is 1.19 bits per heavy atom. The molecule has 1 aromatic heterocycles. The molecule has 4 heteroatoms. The Bertz CT molecular complexity index is 619. The molecule has 0 aliphatic carbocycles. The Morgan fingerprint density at radius 3 is 2.67 bits per heavy atom. The first-order chi connectivity index (χ1) is 10.1. The topological polar surface area (TPSA) is 41.1 Å². The summed E-state index contributed by atoms with van der Waals surface area (Å²) in [6.45, 7) is 7.64. The van der Waals surface area contributed by atoms with Crippen molar-refractivity contribution in [2.45, 2.75) is 33.7 Å². The van der Waals surface area contributed by atoms with E-state index in [1.807, 2.05) is 25.1 Å². The van der Waals surface area contributed by atoms with E-state index in [1.165, 1.54) is 9.75 Å². The smallest absolute Gasteiger partial charge is 0.253 e. The average Bonchev–Trinajstić information content (AvgIpc) is 2.89. The number of thiophene rings is 1. The second kappa shape index (κ2) is 7.27. The molecular formula is C17H22N2OS. The minimum atomic E-state index is -0.0247. The van der Waals surface area contributed by atoms with Crippen molar-refractivity contribution in [3.05, 3.63) is 51.2 Å². The van der Waals surface area contributed by atoms with Crippen molar-refractivity contribution < 1.29 is 4.79 Å². The second-order valence-electron chi connectivity index (χ2n) is 5.17. The number of nitrogens with one attached hydrogen (secondary N) is 2. The molecule has 0 unspecified atom stereocenters. The highest BCUT2D eigenvalue weighted by molar-refractivity contribution is 7.11. The fourth-order valence-electron chi connectivity index (χ4n) is 2.10. The van der Waals surface area contributed by atoms with Gasteiger partial charge in [0.05, 0.1) is 12.1 Å². The van der Waals surface area contributed by atoms with Gasteiger partial charge in [0.2, 0.25) is 0 Å². The molecule has 0 saturated carbocycles. The number of aryl methyl sites for hydroxylation is 2. The van der Waals surface area contributed by atoms with Crippen LogP contribution in [0.25, 0.3) is 0 Å². The summed E-state index contributed by atoms with van der Waals surface area (Å²) in [7, 11) is 0. The minimum Gasteiger partial charge on any atom is -0.384 e. The zero-order valence-corrected chi connectivity index (χ0v) is 13.6. The van der Waals surface area contributed by atoms with E-state index in [0.717, 1.165) is 29.8 Å². The van der Waals surface area contributed by atoms with E-state index in [9.17, 15) is 4.79 Å². The van der Waals surface area contributed by atoms with Crippen LogP contribution in [-0.4, -0.2) is 12.5 Å². The van der Waals surface area contributed by atoms with Gasteiger partial charge >= 0.3 is 0 Å². The molecule has 0 atom stereocenters. The molecule has 0 saturated heterocycles. The SMILES string of the molecule is CCCNc1ccc(C)cc1C(=O)NCc1ccc(C)s1. The molecule has 0 spiro atoms. The molecule has 21 heavy (non-hydrogen) atoms. The van der Waals surface area contributed by atoms with Crippen LogP contribution < -0.4 is 10.6 Å². The molecule has 0 aliphatic rings. The predicted molar refractivity (Wildman–Crippen MR) is 90.2 cm³/mol. The number of carbonyl (C=O) groups is 1. The van der Waals surface area contributed by atoms with Gasteiger partial charge in [-0.1, -0.05) is 18.6 Å². The molecule has 0 bridgehead atoms. The third-order valence-corrected chi connectivity index (χ3v) is 4.21. The van der Waals surface area contributed by atoms with Gasteiger partial charge < -0.3 is 10.6 Å². The molecule has 2 rings (SSSR count). The maximum absolute atomic E-state index is 12.4. The van der Waals surface area contributed by atoms with Gasteiger partial charge in [-0.3, -0.25) is 4.79 Å². The van der Waals surface area contributed by atoms with Crippen molar-refractivity contribution in [2.75, 3.05) is 11.9 Å². The number of rotatable bonds is 6. The van der Waals surface area contributed by atoms with Gasteiger partial charge in [0.15, 0.2) is 0 Å². The minimum absolute atomic E-state index is 0.0247. The summed E-state index contributed by atoms with van der Waals surface area (Å²) in [5.41, 5.74) is 2.72. The van der Waals surface area contributed by atoms with E-state index in [1.54, 1.807) is 11.3 Å². The number of carbonyl (C=O) groups excluding carboxylic acids is 1. The standard InChI is InChI=1S/C17H22N2OS/c1-4-9-18-16-8-5-12(2)10-15(16)17(20)19-11-14-7-6-13(3)21-14/h5-8,10,18H,4,9,11H2,1-3H3,(H,19,20). The zero-order valence-electron chi connectivity index (χ0n) is 12.8. The molecule has 112 valence electrons. The zero-order chi connectivity index (χ0) is 15.2. The van der Waals surface area contributed by atoms with E-state index >= 15 is 0 Å². The van der Waals surface area contributed by atoms with E-state index in [2.05, 4.69) is 36.6 Å². The molecule has 0 radical (unpaired) electrons. The van der Waals surface area contributed by atoms with Gasteiger partial charge in [0, 0.05) is 22.0 Å². The first-order valence-electron chi connectivity index (χ1n) is 7.28. The normalized spacial score (nSPS) is 10.4. The lowest BCUT2D eigenvalue weighted by atomic mass is 10.1. The van der Waals surface area contributed by atoms with Crippen LogP contribution in [0.1, 0.15) is 39.0 Å². The Hall–Kier alpha value is -1.81. The summed E-state index contributed by atoms with van der Waals surface area (Å²) in [4.78, 5) is 14.9. The van der Waals surface area contributed by atoms with Crippen LogP contribution in [0.5, 0.6) is 0 Å². The van der Waals surface area contributed by atoms with Gasteiger partial charge in [-0.25, -0.2) is 0 Å². The van der Waals surface area contributed by atoms with Gasteiger partial charge in [0.25, 0.3) is 5.91 Å². The highest BCUT2D eigenvalue weighted by Gasteiger charge is 2.11. The summed E-state index contributed by atoms with van der Waals surface area (Å²) >= 11 is 1.72. The lowest BCUT2D eigenvalue weighted by Crippen LogP contribution is -2.23. The predicted octanol–water partition coefficient (Wildman–Crippen LogP) is 4.12. The number of amides is 1. The monoisotopic (exact) mass is 302 g/mol. The van der Waals surface area contributed by atoms with E-state index < -0.39 is 0 Å². The van der Waals surface area contributed by atoms with Gasteiger partial charge in [-0.2, -0.15) is 0 Å². The van der Waals surface area contributed by atoms with Crippen LogP contribution in [0, 0.1) is 13.8 Å². The summed E-state index contributed by atoms with van der Waals surface area (Å²) in [6.07, 6.45) is 1.03. The van der Waals surface area contributed by atoms with E-state index in [0.29, 0.717) is 6.54 Å². The second-order valence-corrected chi connectivity index (χ2v) is 6.54. The van der Waals surface area contributed by atoms with Crippen LogP contribution in [0.3, 0.4) is 0 Å². The average molecular weight is 302 g/mol. The maximum atomic E-state index is 12.4. The lowest BCUT2D eigenvalue weighted by Gasteiger charge is -2.12. The first-order valence-corrected chi connectivity index (χ1v) is 8.10. The van der Waals surface area contributed by atoms with Crippen molar-refractivity contribution in [2.24, 2.45) is 0 Å². The van der Waals surface area contributed by atoms with Crippen molar-refractivity contribution in [1.82, 2.24) is 5.32 Å². The molecule has 0 fully saturated rings. The number of anilines is 1. The summed E-state index contributed by atoms with van der Waals surface area (Å²) in [6, 6.07) is 10.1. The molecule has 1 aromatic carbocycles. The molecule has 1 heterocycles. The third kappa shape index (κ3) is 4.33. The quantitative estimate of drug-likeness (QED) is 0.843. The Morgan fingerprint density at radius 2 is 2.00 bits per heavy atom. The van der Waals surface area contributed by atoms with Crippen LogP contribution >= 0.6 is 11.3 Å². The Labute approximate surface area is 130 Å². The largest absolute Gasteiger partial charge is 0.384 e. The molecule has 2 N–H and O–H groups in total. The van der Waals surface area contributed by atoms with E-state index in [-0.39, 0.29) is 5.91 Å². The highest BCUT2D eigenvalue weighted by Crippen LogP contribution is 2.19. The summed E-state index contributed by atoms with van der Waals surface area (Å²) in [5.74, 6) is -0.0247. The van der Waals surface area contributed by atoms with Crippen molar-refractivity contribution in [1.29, 1.82) is 0 Å². The fraction of sp³-hybridized carbons (Fsp3) is 0.353.